The van der Waals surface area contributed by atoms with E-state index in [0.29, 0.717) is 6.54 Å². The quantitative estimate of drug-likeness (QED) is 0.776. The van der Waals surface area contributed by atoms with Crippen molar-refractivity contribution in [1.82, 2.24) is 14.7 Å². The third-order valence-electron chi connectivity index (χ3n) is 6.54. The highest BCUT2D eigenvalue weighted by atomic mass is 32.2. The van der Waals surface area contributed by atoms with Crippen LogP contribution in [-0.2, 0) is 10.5 Å². The molecule has 3 aliphatic rings. The van der Waals surface area contributed by atoms with Crippen LogP contribution in [-0.4, -0.2) is 72.5 Å². The molecule has 2 fully saturated rings. The highest BCUT2D eigenvalue weighted by Crippen LogP contribution is 2.28. The summed E-state index contributed by atoms with van der Waals surface area (Å²) in [5, 5.41) is 0. The molecule has 0 bridgehead atoms. The standard InChI is InChI=1S/C23H34N4OS/c1-18-4-2-5-19(14-18)17-29-22-15-25(9-8-21(22)24)16-23(28)27-12-10-26(11-13-27)20-6-3-7-20/h2,4-5,14,20H,3,6-13,15-17,24H2,1H3. The number of carbonyl (C=O) groups excluding carboxylic acids is 1. The van der Waals surface area contributed by atoms with Crippen LogP contribution in [0, 0.1) is 6.92 Å². The third kappa shape index (κ3) is 5.36. The lowest BCUT2D eigenvalue weighted by molar-refractivity contribution is -0.134. The topological polar surface area (TPSA) is 52.8 Å². The summed E-state index contributed by atoms with van der Waals surface area (Å²) in [6.07, 6.45) is 4.93. The SMILES string of the molecule is Cc1cccc(CSC2=C(N)CCN(CC(=O)N3CCN(C4CCC4)CC3)C2)c1. The summed E-state index contributed by atoms with van der Waals surface area (Å²) < 4.78 is 0. The summed E-state index contributed by atoms with van der Waals surface area (Å²) >= 11 is 1.83. The minimum absolute atomic E-state index is 0.279. The molecule has 2 aliphatic heterocycles. The van der Waals surface area contributed by atoms with Crippen LogP contribution in [0.15, 0.2) is 34.9 Å². The molecule has 1 aromatic rings. The molecule has 0 atom stereocenters. The van der Waals surface area contributed by atoms with Crippen molar-refractivity contribution in [3.8, 4) is 0 Å². The number of piperazine rings is 1. The Morgan fingerprint density at radius 1 is 1.17 bits per heavy atom. The Bertz CT molecular complexity index is 753. The summed E-state index contributed by atoms with van der Waals surface area (Å²) in [6.45, 7) is 8.19. The Labute approximate surface area is 179 Å². The highest BCUT2D eigenvalue weighted by molar-refractivity contribution is 8.02. The molecule has 0 spiro atoms. The first kappa shape index (κ1) is 20.8. The Morgan fingerprint density at radius 2 is 1.97 bits per heavy atom. The van der Waals surface area contributed by atoms with Gasteiger partial charge in [0.05, 0.1) is 6.54 Å². The van der Waals surface area contributed by atoms with E-state index in [4.69, 9.17) is 5.73 Å². The van der Waals surface area contributed by atoms with Crippen molar-refractivity contribution in [3.63, 3.8) is 0 Å². The largest absolute Gasteiger partial charge is 0.401 e. The fraction of sp³-hybridized carbons (Fsp3) is 0.609. The van der Waals surface area contributed by atoms with E-state index in [1.807, 2.05) is 11.8 Å². The van der Waals surface area contributed by atoms with Crippen LogP contribution in [0.3, 0.4) is 0 Å². The minimum atomic E-state index is 0.279. The van der Waals surface area contributed by atoms with Crippen molar-refractivity contribution in [2.24, 2.45) is 5.73 Å². The van der Waals surface area contributed by atoms with E-state index in [1.54, 1.807) is 0 Å². The molecular formula is C23H34N4OS. The minimum Gasteiger partial charge on any atom is -0.401 e. The first-order chi connectivity index (χ1) is 14.1. The normalized spacial score (nSPS) is 22.0. The zero-order chi connectivity index (χ0) is 20.2. The second-order valence-corrected chi connectivity index (χ2v) is 9.76. The summed E-state index contributed by atoms with van der Waals surface area (Å²) in [5.74, 6) is 1.21. The number of aryl methyl sites for hydroxylation is 1. The van der Waals surface area contributed by atoms with E-state index >= 15 is 0 Å². The monoisotopic (exact) mass is 414 g/mol. The number of hydrogen-bond donors (Lipinski definition) is 1. The number of thioether (sulfide) groups is 1. The smallest absolute Gasteiger partial charge is 0.236 e. The highest BCUT2D eigenvalue weighted by Gasteiger charge is 2.30. The number of carbonyl (C=O) groups is 1. The molecule has 4 rings (SSSR count). The van der Waals surface area contributed by atoms with Crippen LogP contribution in [0.5, 0.6) is 0 Å². The van der Waals surface area contributed by atoms with Crippen LogP contribution in [0.4, 0.5) is 0 Å². The van der Waals surface area contributed by atoms with E-state index < -0.39 is 0 Å². The van der Waals surface area contributed by atoms with Gasteiger partial charge in [0.25, 0.3) is 0 Å². The van der Waals surface area contributed by atoms with Crippen molar-refractivity contribution < 1.29 is 4.79 Å². The zero-order valence-electron chi connectivity index (χ0n) is 17.6. The molecule has 2 heterocycles. The maximum absolute atomic E-state index is 12.8. The molecular weight excluding hydrogens is 380 g/mol. The van der Waals surface area contributed by atoms with Gasteiger partial charge >= 0.3 is 0 Å². The van der Waals surface area contributed by atoms with E-state index in [-0.39, 0.29) is 5.91 Å². The maximum Gasteiger partial charge on any atom is 0.236 e. The van der Waals surface area contributed by atoms with E-state index in [1.165, 1.54) is 35.3 Å². The van der Waals surface area contributed by atoms with Gasteiger partial charge in [-0.05, 0) is 25.3 Å². The van der Waals surface area contributed by atoms with Crippen LogP contribution >= 0.6 is 11.8 Å². The molecule has 158 valence electrons. The van der Waals surface area contributed by atoms with Gasteiger partial charge in [0.1, 0.15) is 0 Å². The number of benzene rings is 1. The van der Waals surface area contributed by atoms with Gasteiger partial charge in [-0.3, -0.25) is 14.6 Å². The predicted octanol–water partition coefficient (Wildman–Crippen LogP) is 2.80. The molecule has 0 unspecified atom stereocenters. The van der Waals surface area contributed by atoms with Crippen molar-refractivity contribution in [2.45, 2.75) is 44.4 Å². The van der Waals surface area contributed by atoms with Gasteiger partial charge in [-0.2, -0.15) is 0 Å². The Kier molecular flexibility index (Phi) is 6.83. The maximum atomic E-state index is 12.8. The molecule has 1 aliphatic carbocycles. The number of nitrogens with zero attached hydrogens (tertiary/aromatic N) is 3. The predicted molar refractivity (Wildman–Crippen MR) is 121 cm³/mol. The molecule has 29 heavy (non-hydrogen) atoms. The van der Waals surface area contributed by atoms with E-state index in [0.717, 1.165) is 63.2 Å². The number of nitrogens with two attached hydrogens (primary N) is 1. The molecule has 1 amide bonds. The van der Waals surface area contributed by atoms with Gasteiger partial charge in [0.2, 0.25) is 5.91 Å². The lowest BCUT2D eigenvalue weighted by Crippen LogP contribution is -2.55. The second kappa shape index (κ2) is 9.54. The Balaban J connectivity index is 1.25. The fourth-order valence-electron chi connectivity index (χ4n) is 4.43. The lowest BCUT2D eigenvalue weighted by Gasteiger charge is -2.43. The van der Waals surface area contributed by atoms with Gasteiger partial charge in [0, 0.05) is 68.1 Å². The first-order valence-corrected chi connectivity index (χ1v) is 12.0. The Hall–Kier alpha value is -1.50. The van der Waals surface area contributed by atoms with Crippen LogP contribution in [0.1, 0.15) is 36.8 Å². The van der Waals surface area contributed by atoms with Gasteiger partial charge in [-0.25, -0.2) is 0 Å². The summed E-state index contributed by atoms with van der Waals surface area (Å²) in [6, 6.07) is 9.43. The van der Waals surface area contributed by atoms with Gasteiger partial charge in [-0.1, -0.05) is 36.2 Å². The summed E-state index contributed by atoms with van der Waals surface area (Å²) in [4.78, 5) is 21.0. The van der Waals surface area contributed by atoms with Crippen molar-refractivity contribution >= 4 is 17.7 Å². The third-order valence-corrected chi connectivity index (χ3v) is 7.75. The number of amides is 1. The lowest BCUT2D eigenvalue weighted by atomic mass is 9.91. The zero-order valence-corrected chi connectivity index (χ0v) is 18.4. The van der Waals surface area contributed by atoms with E-state index in [2.05, 4.69) is 45.9 Å². The molecule has 6 heteroatoms. The Morgan fingerprint density at radius 3 is 2.66 bits per heavy atom. The van der Waals surface area contributed by atoms with Gasteiger partial charge in [-0.15, -0.1) is 11.8 Å². The number of rotatable bonds is 6. The molecule has 0 aromatic heterocycles. The molecule has 2 N–H and O–H groups in total. The molecule has 0 radical (unpaired) electrons. The average Bonchev–Trinajstić information content (AvgIpc) is 2.68. The summed E-state index contributed by atoms with van der Waals surface area (Å²) in [5.41, 5.74) is 9.92. The second-order valence-electron chi connectivity index (χ2n) is 8.69. The molecule has 1 saturated carbocycles. The number of hydrogen-bond acceptors (Lipinski definition) is 5. The van der Waals surface area contributed by atoms with Crippen molar-refractivity contribution in [3.05, 3.63) is 46.0 Å². The first-order valence-electron chi connectivity index (χ1n) is 11.0. The molecule has 1 aromatic carbocycles. The van der Waals surface area contributed by atoms with Crippen molar-refractivity contribution in [1.29, 1.82) is 0 Å². The fourth-order valence-corrected chi connectivity index (χ4v) is 5.51. The summed E-state index contributed by atoms with van der Waals surface area (Å²) in [7, 11) is 0. The van der Waals surface area contributed by atoms with Gasteiger partial charge < -0.3 is 10.6 Å². The van der Waals surface area contributed by atoms with Crippen LogP contribution < -0.4 is 5.73 Å². The van der Waals surface area contributed by atoms with Crippen molar-refractivity contribution in [2.75, 3.05) is 45.8 Å². The molecule has 5 nitrogen and oxygen atoms in total. The van der Waals surface area contributed by atoms with Crippen LogP contribution in [0.2, 0.25) is 0 Å². The van der Waals surface area contributed by atoms with Crippen LogP contribution in [0.25, 0.3) is 0 Å². The average molecular weight is 415 g/mol. The van der Waals surface area contributed by atoms with E-state index in [9.17, 15) is 4.79 Å². The van der Waals surface area contributed by atoms with Gasteiger partial charge in [0.15, 0.2) is 0 Å². The molecule has 1 saturated heterocycles.